The summed E-state index contributed by atoms with van der Waals surface area (Å²) in [5, 5.41) is 13.6. The summed E-state index contributed by atoms with van der Waals surface area (Å²) >= 11 is 0. The van der Waals surface area contributed by atoms with Gasteiger partial charge in [0.1, 0.15) is 5.75 Å². The van der Waals surface area contributed by atoms with Crippen LogP contribution in [-0.4, -0.2) is 38.9 Å². The number of hydrogen-bond donors (Lipinski definition) is 1. The highest BCUT2D eigenvalue weighted by molar-refractivity contribution is 6.31. The standard InChI is InChI=1S/C42H37NO5/c1-41(2,3)43-39(47)29-21-20-28-32(35(29)40(43)48)22-33-38(46)31(24-12-6-4-7-13-24)23-34(44)42(33,26-15-8-5-9-16-26)36(28)30-19-18-25-14-10-11-17-27(25)37(30)45/h4-20,23,29,32-33,35-36,45H,21-22H2,1-3H3. The molecule has 4 aromatic carbocycles. The topological polar surface area (TPSA) is 91.8 Å². The Labute approximate surface area is 279 Å². The number of Topliss-reactive ketones (excluding diaryl/α,β-unsaturated/α-hetero) is 1. The van der Waals surface area contributed by atoms with Gasteiger partial charge in [0.15, 0.2) is 11.6 Å². The summed E-state index contributed by atoms with van der Waals surface area (Å²) in [4.78, 5) is 59.8. The maximum absolute atomic E-state index is 15.2. The number of phenols is 1. The Kier molecular flexibility index (Phi) is 6.75. The molecule has 2 fully saturated rings. The van der Waals surface area contributed by atoms with Crippen molar-refractivity contribution in [3.8, 4) is 5.75 Å². The second-order valence-electron chi connectivity index (χ2n) is 14.7. The number of likely N-dealkylation sites (tertiary alicyclic amines) is 1. The van der Waals surface area contributed by atoms with Crippen molar-refractivity contribution in [1.82, 2.24) is 4.90 Å². The van der Waals surface area contributed by atoms with Gasteiger partial charge in [0.05, 0.1) is 17.3 Å². The van der Waals surface area contributed by atoms with E-state index in [-0.39, 0.29) is 35.6 Å². The first-order valence-corrected chi connectivity index (χ1v) is 16.7. The minimum absolute atomic E-state index is 0.0547. The summed E-state index contributed by atoms with van der Waals surface area (Å²) in [6.07, 6.45) is 4.13. The van der Waals surface area contributed by atoms with E-state index in [0.29, 0.717) is 34.1 Å². The van der Waals surface area contributed by atoms with Crippen molar-refractivity contribution in [2.24, 2.45) is 23.7 Å². The first-order valence-electron chi connectivity index (χ1n) is 16.7. The van der Waals surface area contributed by atoms with Gasteiger partial charge in [-0.2, -0.15) is 0 Å². The highest BCUT2D eigenvalue weighted by Gasteiger charge is 2.66. The van der Waals surface area contributed by atoms with Crippen LogP contribution in [0, 0.1) is 23.7 Å². The number of amides is 2. The lowest BCUT2D eigenvalue weighted by atomic mass is 9.44. The van der Waals surface area contributed by atoms with Gasteiger partial charge in [0.2, 0.25) is 11.8 Å². The number of ketones is 2. The Morgan fingerprint density at radius 3 is 2.15 bits per heavy atom. The molecule has 3 aliphatic carbocycles. The maximum Gasteiger partial charge on any atom is 0.234 e. The number of carbonyl (C=O) groups excluding carboxylic acids is 4. The summed E-state index contributed by atoms with van der Waals surface area (Å²) in [5.74, 6) is -4.02. The Hall–Kier alpha value is -5.10. The SMILES string of the molecule is CC(C)(C)N1C(=O)C2CC=C3C(CC4C(=O)C(c5ccccc5)=CC(=O)C4(c4ccccc4)C3c3ccc4ccccc4c3O)C2C1=O. The van der Waals surface area contributed by atoms with Crippen LogP contribution in [0.4, 0.5) is 0 Å². The van der Waals surface area contributed by atoms with Gasteiger partial charge in [-0.25, -0.2) is 0 Å². The quantitative estimate of drug-likeness (QED) is 0.190. The van der Waals surface area contributed by atoms with E-state index in [4.69, 9.17) is 0 Å². The fraction of sp³-hybridized carbons (Fsp3) is 0.286. The molecule has 6 atom stereocenters. The third-order valence-electron chi connectivity index (χ3n) is 11.3. The van der Waals surface area contributed by atoms with Crippen LogP contribution in [0.3, 0.4) is 0 Å². The van der Waals surface area contributed by atoms with E-state index in [0.717, 1.165) is 11.0 Å². The largest absolute Gasteiger partial charge is 0.507 e. The maximum atomic E-state index is 15.2. The Morgan fingerprint density at radius 1 is 0.771 bits per heavy atom. The molecule has 4 aromatic rings. The van der Waals surface area contributed by atoms with Gasteiger partial charge < -0.3 is 5.11 Å². The lowest BCUT2D eigenvalue weighted by Gasteiger charge is -2.55. The zero-order valence-electron chi connectivity index (χ0n) is 27.2. The predicted octanol–water partition coefficient (Wildman–Crippen LogP) is 7.17. The van der Waals surface area contributed by atoms with E-state index in [1.807, 2.05) is 124 Å². The minimum atomic E-state index is -1.39. The molecule has 48 heavy (non-hydrogen) atoms. The summed E-state index contributed by atoms with van der Waals surface area (Å²) < 4.78 is 0. The molecular weight excluding hydrogens is 598 g/mol. The van der Waals surface area contributed by atoms with Gasteiger partial charge in [0.25, 0.3) is 0 Å². The van der Waals surface area contributed by atoms with Gasteiger partial charge in [0, 0.05) is 33.9 Å². The molecule has 0 bridgehead atoms. The first kappa shape index (κ1) is 30.2. The van der Waals surface area contributed by atoms with Crippen LogP contribution in [0.5, 0.6) is 5.75 Å². The zero-order valence-corrected chi connectivity index (χ0v) is 27.2. The van der Waals surface area contributed by atoms with Gasteiger partial charge in [-0.1, -0.05) is 109 Å². The number of rotatable bonds is 3. The first-order chi connectivity index (χ1) is 23.0. The normalized spacial score (nSPS) is 28.5. The van der Waals surface area contributed by atoms with Crippen LogP contribution >= 0.6 is 0 Å². The number of allylic oxidation sites excluding steroid dienone is 4. The molecule has 1 saturated carbocycles. The second-order valence-corrected chi connectivity index (χ2v) is 14.7. The van der Waals surface area contributed by atoms with Gasteiger partial charge in [-0.3, -0.25) is 24.1 Å². The third-order valence-corrected chi connectivity index (χ3v) is 11.3. The van der Waals surface area contributed by atoms with Crippen molar-refractivity contribution in [1.29, 1.82) is 0 Å². The summed E-state index contributed by atoms with van der Waals surface area (Å²) in [6.45, 7) is 5.60. The molecule has 0 spiro atoms. The Balaban J connectivity index is 1.43. The molecule has 240 valence electrons. The molecular formula is C42H37NO5. The fourth-order valence-corrected chi connectivity index (χ4v) is 9.38. The zero-order chi connectivity index (χ0) is 33.5. The number of imide groups is 1. The molecule has 6 unspecified atom stereocenters. The number of benzene rings is 4. The molecule has 4 aliphatic rings. The highest BCUT2D eigenvalue weighted by Crippen LogP contribution is 2.64. The molecule has 8 rings (SSSR count). The lowest BCUT2D eigenvalue weighted by molar-refractivity contribution is -0.145. The second kappa shape index (κ2) is 10.7. The fourth-order valence-electron chi connectivity index (χ4n) is 9.38. The molecule has 6 nitrogen and oxygen atoms in total. The van der Waals surface area contributed by atoms with Gasteiger partial charge >= 0.3 is 0 Å². The van der Waals surface area contributed by atoms with Crippen molar-refractivity contribution < 1.29 is 24.3 Å². The van der Waals surface area contributed by atoms with E-state index in [1.54, 1.807) is 0 Å². The van der Waals surface area contributed by atoms with Crippen molar-refractivity contribution in [3.63, 3.8) is 0 Å². The number of aromatic hydroxyl groups is 1. The molecule has 6 heteroatoms. The Morgan fingerprint density at radius 2 is 1.44 bits per heavy atom. The van der Waals surface area contributed by atoms with Gasteiger partial charge in [-0.15, -0.1) is 0 Å². The van der Waals surface area contributed by atoms with Crippen molar-refractivity contribution in [3.05, 3.63) is 131 Å². The van der Waals surface area contributed by atoms with Crippen LogP contribution < -0.4 is 0 Å². The van der Waals surface area contributed by atoms with Crippen LogP contribution in [-0.2, 0) is 24.6 Å². The Bertz CT molecular complexity index is 2090. The average Bonchev–Trinajstić information content (AvgIpc) is 3.36. The van der Waals surface area contributed by atoms with E-state index in [1.165, 1.54) is 11.0 Å². The van der Waals surface area contributed by atoms with E-state index in [2.05, 4.69) is 0 Å². The van der Waals surface area contributed by atoms with Crippen molar-refractivity contribution in [2.75, 3.05) is 0 Å². The lowest BCUT2D eigenvalue weighted by Crippen LogP contribution is -2.59. The smallest absolute Gasteiger partial charge is 0.234 e. The highest BCUT2D eigenvalue weighted by atomic mass is 16.3. The van der Waals surface area contributed by atoms with E-state index >= 15 is 9.59 Å². The molecule has 1 N–H and O–H groups in total. The minimum Gasteiger partial charge on any atom is -0.507 e. The van der Waals surface area contributed by atoms with Crippen LogP contribution in [0.15, 0.2) is 115 Å². The van der Waals surface area contributed by atoms with Gasteiger partial charge in [-0.05, 0) is 62.1 Å². The number of nitrogens with zero attached hydrogens (tertiary/aromatic N) is 1. The monoisotopic (exact) mass is 635 g/mol. The molecule has 0 radical (unpaired) electrons. The van der Waals surface area contributed by atoms with Crippen molar-refractivity contribution in [2.45, 2.75) is 50.5 Å². The number of hydrogen-bond acceptors (Lipinski definition) is 5. The summed E-state index contributed by atoms with van der Waals surface area (Å²) in [6, 6.07) is 30.1. The van der Waals surface area contributed by atoms with E-state index < -0.39 is 40.5 Å². The summed E-state index contributed by atoms with van der Waals surface area (Å²) in [5.41, 5.74) is 1.00. The van der Waals surface area contributed by atoms with E-state index in [9.17, 15) is 14.7 Å². The number of carbonyl (C=O) groups is 4. The van der Waals surface area contributed by atoms with Crippen molar-refractivity contribution >= 4 is 39.7 Å². The molecule has 1 saturated heterocycles. The molecule has 0 aromatic heterocycles. The molecule has 1 aliphatic heterocycles. The van der Waals surface area contributed by atoms with Crippen LogP contribution in [0.25, 0.3) is 16.3 Å². The molecule has 1 heterocycles. The predicted molar refractivity (Wildman–Crippen MR) is 184 cm³/mol. The van der Waals surface area contributed by atoms with Crippen LogP contribution in [0.2, 0.25) is 0 Å². The third kappa shape index (κ3) is 4.11. The summed E-state index contributed by atoms with van der Waals surface area (Å²) in [7, 11) is 0. The number of fused-ring (bicyclic) bond motifs is 5. The molecule has 2 amide bonds. The number of phenolic OH excluding ortho intramolecular Hbond substituents is 1. The van der Waals surface area contributed by atoms with Crippen LogP contribution in [0.1, 0.15) is 56.2 Å². The average molecular weight is 636 g/mol.